The molecule has 17 N–H and O–H groups in total. The molecule has 0 bridgehead atoms. The molecule has 5 heterocycles. The fourth-order valence-electron chi connectivity index (χ4n) is 6.90. The molecule has 27 heteroatoms. The minimum Gasteiger partial charge on any atom is -0.479 e. The van der Waals surface area contributed by atoms with E-state index in [1.807, 2.05) is 0 Å². The van der Waals surface area contributed by atoms with Gasteiger partial charge in [-0.2, -0.15) is 0 Å². The molecule has 5 rings (SSSR count). The number of aliphatic hydroxyl groups excluding tert-OH is 16. The smallest absolute Gasteiger partial charge is 0.335 e. The predicted octanol–water partition coefficient (Wildman–Crippen LogP) is -11.8. The summed E-state index contributed by atoms with van der Waals surface area (Å²) in [5, 5.41) is 176. The van der Waals surface area contributed by atoms with Crippen LogP contribution in [-0.4, -0.2) is 273 Å². The van der Waals surface area contributed by atoms with Gasteiger partial charge in [0.2, 0.25) is 0 Å². The Morgan fingerprint density at radius 3 is 1.39 bits per heavy atom. The molecule has 0 radical (unpaired) electrons. The minimum absolute atomic E-state index is 0.883. The van der Waals surface area contributed by atoms with Gasteiger partial charge in [0.15, 0.2) is 37.6 Å². The maximum Gasteiger partial charge on any atom is 0.335 e. The molecule has 0 aromatic heterocycles. The third-order valence-electron chi connectivity index (χ3n) is 10.3. The van der Waals surface area contributed by atoms with Crippen molar-refractivity contribution in [3.05, 3.63) is 0 Å². The summed E-state index contributed by atoms with van der Waals surface area (Å²) in [4.78, 5) is 11.9. The fraction of sp³-hybridized carbons (Fsp3) is 0.967. The van der Waals surface area contributed by atoms with Crippen molar-refractivity contribution < 1.29 is 134 Å². The second-order valence-electron chi connectivity index (χ2n) is 14.0. The summed E-state index contributed by atoms with van der Waals surface area (Å²) in [5.41, 5.74) is 0. The lowest BCUT2D eigenvalue weighted by Crippen LogP contribution is -2.69. The van der Waals surface area contributed by atoms with Crippen LogP contribution in [0.2, 0.25) is 0 Å². The molecule has 57 heavy (non-hydrogen) atoms. The van der Waals surface area contributed by atoms with Crippen LogP contribution in [0, 0.1) is 0 Å². The molecule has 332 valence electrons. The van der Waals surface area contributed by atoms with Crippen molar-refractivity contribution in [2.45, 2.75) is 154 Å². The Balaban J connectivity index is 1.54. The van der Waals surface area contributed by atoms with Gasteiger partial charge < -0.3 is 129 Å². The molecule has 5 aliphatic heterocycles. The molecule has 0 aliphatic carbocycles. The van der Waals surface area contributed by atoms with Crippen LogP contribution in [0.5, 0.6) is 0 Å². The highest BCUT2D eigenvalue weighted by molar-refractivity contribution is 5.73. The number of hydrogen-bond donors (Lipinski definition) is 17. The van der Waals surface area contributed by atoms with Crippen molar-refractivity contribution in [2.24, 2.45) is 0 Å². The number of hydrogen-bond acceptors (Lipinski definition) is 26. The van der Waals surface area contributed by atoms with E-state index < -0.39 is 186 Å². The van der Waals surface area contributed by atoms with Crippen molar-refractivity contribution in [2.75, 3.05) is 26.4 Å². The number of aliphatic hydroxyl groups is 16. The number of aliphatic carboxylic acids is 1. The van der Waals surface area contributed by atoms with Crippen molar-refractivity contribution in [3.63, 3.8) is 0 Å². The quantitative estimate of drug-likeness (QED) is 0.0818. The highest BCUT2D eigenvalue weighted by Gasteiger charge is 2.57. The van der Waals surface area contributed by atoms with Crippen LogP contribution < -0.4 is 0 Å². The van der Waals surface area contributed by atoms with E-state index in [2.05, 4.69) is 0 Å². The third kappa shape index (κ3) is 9.53. The zero-order chi connectivity index (χ0) is 42.2. The Morgan fingerprint density at radius 2 is 0.842 bits per heavy atom. The molecule has 0 saturated carbocycles. The van der Waals surface area contributed by atoms with Crippen LogP contribution in [0.15, 0.2) is 0 Å². The molecule has 25 atom stereocenters. The second-order valence-corrected chi connectivity index (χ2v) is 14.0. The predicted molar refractivity (Wildman–Crippen MR) is 167 cm³/mol. The molecule has 0 spiro atoms. The molecule has 0 aromatic rings. The molecular formula is C30H50O27. The standard InChI is InChI=1S/C30H50O27/c31-1-5-9(34)11(36)17(42)27(51-5)49-4-8-22(55-28-18(43)12(37)10(35)6(2-32)52-28)23(56-29-19(44)13(38)14(39)24(57-29)25(46)47)20(45)30(53-8)54-21-7(3-33)50-26(48)16(41)15(21)40/h5-24,26-45,48H,1-4H2,(H,46,47)/t5-,6-,7-,8-,9+,10-,11+,12+,13+,14+,15-,16+,17-,18-,19-,20+,21-,22-,23-,24+,26?,27-,28+,29+,30+/m1/s1. The van der Waals surface area contributed by atoms with E-state index in [1.165, 1.54) is 0 Å². The topological polar surface area (TPSA) is 444 Å². The van der Waals surface area contributed by atoms with E-state index in [0.29, 0.717) is 0 Å². The summed E-state index contributed by atoms with van der Waals surface area (Å²) in [6.45, 7) is -3.77. The zero-order valence-electron chi connectivity index (χ0n) is 29.4. The molecule has 5 aliphatic rings. The lowest BCUT2D eigenvalue weighted by molar-refractivity contribution is -0.401. The van der Waals surface area contributed by atoms with Crippen LogP contribution in [0.1, 0.15) is 0 Å². The maximum atomic E-state index is 11.9. The molecule has 27 nitrogen and oxygen atoms in total. The first-order valence-electron chi connectivity index (χ1n) is 17.6. The SMILES string of the molecule is O=C(O)[C@H]1O[C@H](O[C@@H]2[C@H](O)[C@H](O[C@H]3[C@H](O)[C@H](O)C(O)O[C@@H]3CO)O[C@H](CO[C@@H]3O[C@H](CO)[C@H](O)[C@H](O)[C@H]3O)[C@H]2O[C@@H]2O[C@H](CO)[C@@H](O)[C@H](O)[C@H]2O)[C@H](O)[C@@H](O)[C@@H]1O. The first-order valence-corrected chi connectivity index (χ1v) is 17.6. The second kappa shape index (κ2) is 19.5. The Bertz CT molecular complexity index is 1280. The van der Waals surface area contributed by atoms with E-state index in [9.17, 15) is 91.6 Å². The van der Waals surface area contributed by atoms with Gasteiger partial charge >= 0.3 is 5.97 Å². The number of carboxylic acid groups (broad SMARTS) is 1. The van der Waals surface area contributed by atoms with Crippen LogP contribution in [-0.2, 0) is 47.4 Å². The van der Waals surface area contributed by atoms with Gasteiger partial charge in [0, 0.05) is 0 Å². The largest absolute Gasteiger partial charge is 0.479 e. The van der Waals surface area contributed by atoms with E-state index in [4.69, 9.17) is 42.6 Å². The van der Waals surface area contributed by atoms with Gasteiger partial charge in [-0.05, 0) is 0 Å². The maximum absolute atomic E-state index is 11.9. The van der Waals surface area contributed by atoms with E-state index in [-0.39, 0.29) is 0 Å². The first-order chi connectivity index (χ1) is 26.9. The molecular weight excluding hydrogens is 792 g/mol. The molecule has 0 amide bonds. The van der Waals surface area contributed by atoms with Crippen LogP contribution >= 0.6 is 0 Å². The number of rotatable bonds is 13. The third-order valence-corrected chi connectivity index (χ3v) is 10.3. The molecule has 0 aromatic carbocycles. The van der Waals surface area contributed by atoms with Gasteiger partial charge in [0.25, 0.3) is 0 Å². The van der Waals surface area contributed by atoms with Crippen LogP contribution in [0.4, 0.5) is 0 Å². The summed E-state index contributed by atoms with van der Waals surface area (Å²) in [6.07, 6.45) is -50.6. The Kier molecular flexibility index (Phi) is 15.9. The Hall–Kier alpha value is -1.53. The van der Waals surface area contributed by atoms with Gasteiger partial charge in [0.05, 0.1) is 26.4 Å². The highest BCUT2D eigenvalue weighted by Crippen LogP contribution is 2.36. The van der Waals surface area contributed by atoms with E-state index >= 15 is 0 Å². The number of carboxylic acids is 1. The van der Waals surface area contributed by atoms with Crippen molar-refractivity contribution in [1.82, 2.24) is 0 Å². The summed E-state index contributed by atoms with van der Waals surface area (Å²) in [6, 6.07) is 0. The van der Waals surface area contributed by atoms with Gasteiger partial charge in [-0.1, -0.05) is 0 Å². The molecule has 1 unspecified atom stereocenters. The average molecular weight is 843 g/mol. The van der Waals surface area contributed by atoms with Gasteiger partial charge in [-0.25, -0.2) is 4.79 Å². The van der Waals surface area contributed by atoms with E-state index in [1.54, 1.807) is 0 Å². The van der Waals surface area contributed by atoms with Crippen molar-refractivity contribution in [1.29, 1.82) is 0 Å². The lowest BCUT2D eigenvalue weighted by Gasteiger charge is -2.50. The molecule has 5 saturated heterocycles. The fourth-order valence-corrected chi connectivity index (χ4v) is 6.90. The van der Waals surface area contributed by atoms with E-state index in [0.717, 1.165) is 0 Å². The molecule has 5 fully saturated rings. The average Bonchev–Trinajstić information content (AvgIpc) is 3.18. The lowest BCUT2D eigenvalue weighted by atomic mass is 9.95. The monoisotopic (exact) mass is 842 g/mol. The van der Waals surface area contributed by atoms with Crippen LogP contribution in [0.25, 0.3) is 0 Å². The van der Waals surface area contributed by atoms with Gasteiger partial charge in [0.1, 0.15) is 116 Å². The summed E-state index contributed by atoms with van der Waals surface area (Å²) in [5.74, 6) is -1.85. The van der Waals surface area contributed by atoms with Gasteiger partial charge in [-0.3, -0.25) is 0 Å². The Morgan fingerprint density at radius 1 is 0.404 bits per heavy atom. The number of carbonyl (C=O) groups is 1. The highest BCUT2D eigenvalue weighted by atomic mass is 16.8. The summed E-state index contributed by atoms with van der Waals surface area (Å²) in [7, 11) is 0. The number of ether oxygens (including phenoxy) is 9. The summed E-state index contributed by atoms with van der Waals surface area (Å²) < 4.78 is 49.9. The Labute approximate surface area is 320 Å². The van der Waals surface area contributed by atoms with Gasteiger partial charge in [-0.15, -0.1) is 0 Å². The minimum atomic E-state index is -2.33. The normalized spacial score (nSPS) is 52.4. The first kappa shape index (κ1) is 46.5. The summed E-state index contributed by atoms with van der Waals surface area (Å²) >= 11 is 0. The van der Waals surface area contributed by atoms with Crippen molar-refractivity contribution >= 4 is 5.97 Å². The zero-order valence-corrected chi connectivity index (χ0v) is 29.4. The van der Waals surface area contributed by atoms with Crippen molar-refractivity contribution in [3.8, 4) is 0 Å². The van der Waals surface area contributed by atoms with Crippen LogP contribution in [0.3, 0.4) is 0 Å².